The molecular formula is C26H29BrClN3OSSi. The molecule has 0 bridgehead atoms. The lowest BCUT2D eigenvalue weighted by atomic mass is 10.2. The fraction of sp³-hybridized carbons (Fsp3) is 0.308. The number of benzene rings is 2. The van der Waals surface area contributed by atoms with Gasteiger partial charge < -0.3 is 4.43 Å². The Morgan fingerprint density at radius 2 is 1.59 bits per heavy atom. The molecule has 0 aliphatic heterocycles. The highest BCUT2D eigenvalue weighted by molar-refractivity contribution is 9.10. The highest BCUT2D eigenvalue weighted by Crippen LogP contribution is 2.40. The van der Waals surface area contributed by atoms with Crippen LogP contribution in [-0.2, 0) is 10.3 Å². The van der Waals surface area contributed by atoms with Crippen molar-refractivity contribution >= 4 is 57.6 Å². The fourth-order valence-electron chi connectivity index (χ4n) is 4.56. The molecule has 1 atom stereocenters. The van der Waals surface area contributed by atoms with Crippen LogP contribution < -0.4 is 10.4 Å². The average Bonchev–Trinajstić information content (AvgIpc) is 3.39. The maximum atomic E-state index is 7.29. The predicted octanol–water partition coefficient (Wildman–Crippen LogP) is 6.78. The molecule has 178 valence electrons. The molecule has 0 radical (unpaired) electrons. The Kier molecular flexibility index (Phi) is 7.50. The molecule has 0 saturated heterocycles. The number of aryl methyl sites for hydroxylation is 1. The number of halogens is 2. The van der Waals surface area contributed by atoms with Crippen LogP contribution in [-0.4, -0.2) is 23.1 Å². The minimum absolute atomic E-state index is 0.128. The van der Waals surface area contributed by atoms with Crippen molar-refractivity contribution in [2.45, 2.75) is 51.6 Å². The van der Waals surface area contributed by atoms with E-state index in [4.69, 9.17) is 16.0 Å². The van der Waals surface area contributed by atoms with Gasteiger partial charge in [-0.15, -0.1) is 33.1 Å². The zero-order chi connectivity index (χ0) is 24.5. The Balaban J connectivity index is 1.88. The molecule has 2 aromatic carbocycles. The lowest BCUT2D eigenvalue weighted by molar-refractivity contribution is 0.198. The van der Waals surface area contributed by atoms with Crippen LogP contribution in [0.1, 0.15) is 51.0 Å². The van der Waals surface area contributed by atoms with Gasteiger partial charge in [-0.05, 0) is 45.2 Å². The molecule has 0 saturated carbocycles. The van der Waals surface area contributed by atoms with Crippen LogP contribution in [0.4, 0.5) is 0 Å². The summed E-state index contributed by atoms with van der Waals surface area (Å²) in [4.78, 5) is 0. The van der Waals surface area contributed by atoms with Crippen molar-refractivity contribution in [1.82, 2.24) is 14.8 Å². The molecule has 2 heterocycles. The van der Waals surface area contributed by atoms with Crippen LogP contribution in [0.25, 0.3) is 5.00 Å². The Hall–Kier alpha value is -1.77. The number of thiophene rings is 1. The summed E-state index contributed by atoms with van der Waals surface area (Å²) in [6, 6.07) is 21.3. The highest BCUT2D eigenvalue weighted by Gasteiger charge is 2.51. The maximum absolute atomic E-state index is 7.29. The first-order valence-electron chi connectivity index (χ1n) is 11.2. The van der Waals surface area contributed by atoms with Crippen molar-refractivity contribution in [3.8, 4) is 5.00 Å². The summed E-state index contributed by atoms with van der Waals surface area (Å²) in [5, 5.41) is 14.5. The van der Waals surface area contributed by atoms with Crippen LogP contribution in [0.3, 0.4) is 0 Å². The number of rotatable bonds is 7. The van der Waals surface area contributed by atoms with Crippen LogP contribution in [0.2, 0.25) is 5.04 Å². The Bertz CT molecular complexity index is 1210. The molecule has 2 aromatic heterocycles. The zero-order valence-electron chi connectivity index (χ0n) is 20.0. The summed E-state index contributed by atoms with van der Waals surface area (Å²) < 4.78 is 10.4. The van der Waals surface area contributed by atoms with Gasteiger partial charge in [-0.3, -0.25) is 4.57 Å². The van der Waals surface area contributed by atoms with E-state index in [1.165, 1.54) is 10.4 Å². The second-order valence-electron chi connectivity index (χ2n) is 9.37. The van der Waals surface area contributed by atoms with Crippen molar-refractivity contribution in [1.29, 1.82) is 0 Å². The fourth-order valence-corrected chi connectivity index (χ4v) is 11.5. The van der Waals surface area contributed by atoms with E-state index < -0.39 is 8.32 Å². The molecule has 0 amide bonds. The minimum Gasteiger partial charge on any atom is -0.397 e. The molecule has 4 rings (SSSR count). The molecule has 0 fully saturated rings. The number of hydrogen-bond acceptors (Lipinski definition) is 4. The topological polar surface area (TPSA) is 39.9 Å². The van der Waals surface area contributed by atoms with E-state index >= 15 is 0 Å². The highest BCUT2D eigenvalue weighted by atomic mass is 79.9. The van der Waals surface area contributed by atoms with Crippen molar-refractivity contribution < 1.29 is 4.43 Å². The predicted molar refractivity (Wildman–Crippen MR) is 148 cm³/mol. The Morgan fingerprint density at radius 1 is 1.03 bits per heavy atom. The van der Waals surface area contributed by atoms with Gasteiger partial charge in [-0.1, -0.05) is 81.4 Å². The summed E-state index contributed by atoms with van der Waals surface area (Å²) >= 11 is 11.6. The molecule has 34 heavy (non-hydrogen) atoms. The standard InChI is InChI=1S/C26H29BrClN3OSSi/c1-18(24-30-29-19(2)31(24)25-22(16-28)23(27)17-33-25)32-34(26(3,4)5,20-12-8-6-9-13-20)21-14-10-7-11-15-21/h6-15,17-18H,16H2,1-5H3. The average molecular weight is 575 g/mol. The van der Waals surface area contributed by atoms with Gasteiger partial charge in [0.2, 0.25) is 0 Å². The quantitative estimate of drug-likeness (QED) is 0.180. The third-order valence-electron chi connectivity index (χ3n) is 6.14. The van der Waals surface area contributed by atoms with Crippen LogP contribution in [0.5, 0.6) is 0 Å². The lowest BCUT2D eigenvalue weighted by Crippen LogP contribution is -2.66. The first-order chi connectivity index (χ1) is 16.2. The molecule has 4 aromatic rings. The largest absolute Gasteiger partial charge is 0.397 e. The number of alkyl halides is 1. The molecule has 1 unspecified atom stereocenters. The van der Waals surface area contributed by atoms with Crippen LogP contribution in [0.15, 0.2) is 70.5 Å². The van der Waals surface area contributed by atoms with Crippen LogP contribution >= 0.6 is 38.9 Å². The van der Waals surface area contributed by atoms with Gasteiger partial charge in [0.1, 0.15) is 16.9 Å². The van der Waals surface area contributed by atoms with Gasteiger partial charge in [-0.25, -0.2) is 0 Å². The van der Waals surface area contributed by atoms with Gasteiger partial charge in [0.15, 0.2) is 5.82 Å². The Labute approximate surface area is 220 Å². The first kappa shape index (κ1) is 25.3. The van der Waals surface area contributed by atoms with Crippen molar-refractivity contribution in [2.24, 2.45) is 0 Å². The minimum atomic E-state index is -2.74. The van der Waals surface area contributed by atoms with Gasteiger partial charge in [0.05, 0.1) is 5.88 Å². The molecule has 0 aliphatic carbocycles. The molecular weight excluding hydrogens is 546 g/mol. The van der Waals surface area contributed by atoms with E-state index in [-0.39, 0.29) is 11.1 Å². The number of hydrogen-bond donors (Lipinski definition) is 0. The maximum Gasteiger partial charge on any atom is 0.262 e. The SMILES string of the molecule is Cc1nnc(C(C)O[Si](c2ccccc2)(c2ccccc2)C(C)(C)C)n1-c1scc(Br)c1CCl. The third-order valence-corrected chi connectivity index (χ3v) is 13.5. The van der Waals surface area contributed by atoms with Crippen molar-refractivity contribution in [3.05, 3.63) is 87.7 Å². The lowest BCUT2D eigenvalue weighted by Gasteiger charge is -2.44. The molecule has 8 heteroatoms. The molecule has 4 nitrogen and oxygen atoms in total. The van der Waals surface area contributed by atoms with E-state index in [9.17, 15) is 0 Å². The summed E-state index contributed by atoms with van der Waals surface area (Å²) in [5.74, 6) is 2.00. The molecule has 0 aliphatic rings. The second-order valence-corrected chi connectivity index (χ2v) is 15.6. The van der Waals surface area contributed by atoms with E-state index in [1.54, 1.807) is 11.3 Å². The molecule has 0 N–H and O–H groups in total. The first-order valence-corrected chi connectivity index (χ1v) is 15.3. The monoisotopic (exact) mass is 573 g/mol. The van der Waals surface area contributed by atoms with Gasteiger partial charge in [0, 0.05) is 15.4 Å². The zero-order valence-corrected chi connectivity index (χ0v) is 24.2. The van der Waals surface area contributed by atoms with E-state index in [0.717, 1.165) is 26.7 Å². The summed E-state index contributed by atoms with van der Waals surface area (Å²) in [7, 11) is -2.74. The third kappa shape index (κ3) is 4.44. The summed E-state index contributed by atoms with van der Waals surface area (Å²) in [6.45, 7) is 10.9. The number of aromatic nitrogens is 3. The van der Waals surface area contributed by atoms with E-state index in [0.29, 0.717) is 5.88 Å². The summed E-state index contributed by atoms with van der Waals surface area (Å²) in [5.41, 5.74) is 1.04. The van der Waals surface area contributed by atoms with Crippen molar-refractivity contribution in [2.75, 3.05) is 0 Å². The van der Waals surface area contributed by atoms with Gasteiger partial charge >= 0.3 is 0 Å². The number of nitrogens with zero attached hydrogens (tertiary/aromatic N) is 3. The van der Waals surface area contributed by atoms with Crippen molar-refractivity contribution in [3.63, 3.8) is 0 Å². The normalized spacial score (nSPS) is 13.3. The van der Waals surface area contributed by atoms with Gasteiger partial charge in [0.25, 0.3) is 8.32 Å². The smallest absolute Gasteiger partial charge is 0.262 e. The van der Waals surface area contributed by atoms with E-state index in [2.05, 4.69) is 124 Å². The molecule has 0 spiro atoms. The van der Waals surface area contributed by atoms with Crippen LogP contribution in [0, 0.1) is 6.92 Å². The van der Waals surface area contributed by atoms with Gasteiger partial charge in [-0.2, -0.15) is 0 Å². The van der Waals surface area contributed by atoms with E-state index in [1.807, 2.05) is 6.92 Å². The Morgan fingerprint density at radius 3 is 2.09 bits per heavy atom. The summed E-state index contributed by atoms with van der Waals surface area (Å²) in [6.07, 6.45) is -0.295. The second kappa shape index (κ2) is 10.1.